The van der Waals surface area contributed by atoms with Crippen molar-refractivity contribution < 1.29 is 41.9 Å². The van der Waals surface area contributed by atoms with Crippen molar-refractivity contribution in [3.63, 3.8) is 0 Å². The maximum atomic E-state index is 13.5. The maximum Gasteiger partial charge on any atom is 0.399 e. The van der Waals surface area contributed by atoms with Gasteiger partial charge in [0.05, 0.1) is 26.1 Å². The van der Waals surface area contributed by atoms with E-state index >= 15 is 0 Å². The predicted octanol–water partition coefficient (Wildman–Crippen LogP) is 2.10. The molecule has 3 aromatic rings. The van der Waals surface area contributed by atoms with Crippen LogP contribution < -0.4 is 11.5 Å². The molecule has 42 heavy (non-hydrogen) atoms. The second-order valence-electron chi connectivity index (χ2n) is 10.00. The summed E-state index contributed by atoms with van der Waals surface area (Å²) in [5.41, 5.74) is 12.7. The van der Waals surface area contributed by atoms with Gasteiger partial charge in [-0.1, -0.05) is 11.7 Å². The second kappa shape index (κ2) is 12.1. The topological polar surface area (TPSA) is 226 Å². The lowest BCUT2D eigenvalue weighted by atomic mass is 9.70. The summed E-state index contributed by atoms with van der Waals surface area (Å²) in [7, 11) is -2.52. The molecule has 3 aromatic heterocycles. The number of aliphatic hydroxyl groups excluding tert-OH is 1. The fourth-order valence-corrected chi connectivity index (χ4v) is 8.68. The molecule has 20 heteroatoms. The molecule has 1 saturated carbocycles. The van der Waals surface area contributed by atoms with Gasteiger partial charge in [0.2, 0.25) is 0 Å². The average Bonchev–Trinajstić information content (AvgIpc) is 3.53. The third-order valence-corrected chi connectivity index (χ3v) is 12.7. The van der Waals surface area contributed by atoms with Gasteiger partial charge >= 0.3 is 15.1 Å². The van der Waals surface area contributed by atoms with Crippen LogP contribution in [0.4, 0.5) is 5.82 Å². The van der Waals surface area contributed by atoms with Gasteiger partial charge in [0.25, 0.3) is 5.91 Å². The van der Waals surface area contributed by atoms with Crippen LogP contribution in [0.3, 0.4) is 0 Å². The van der Waals surface area contributed by atoms with E-state index in [1.165, 1.54) is 18.6 Å². The van der Waals surface area contributed by atoms with Gasteiger partial charge in [0.15, 0.2) is 11.5 Å². The van der Waals surface area contributed by atoms with E-state index in [0.717, 1.165) is 0 Å². The Balaban J connectivity index is 1.26. The largest absolute Gasteiger partial charge is 0.399 e. The minimum atomic E-state index is -3.83. The van der Waals surface area contributed by atoms with Crippen molar-refractivity contribution in [1.29, 1.82) is 0 Å². The van der Waals surface area contributed by atoms with Gasteiger partial charge in [0.1, 0.15) is 42.0 Å². The normalized spacial score (nSPS) is 35.7. The average molecular weight is 660 g/mol. The number of pyridine rings is 1. The zero-order chi connectivity index (χ0) is 29.6. The van der Waals surface area contributed by atoms with Gasteiger partial charge in [-0.25, -0.2) is 19.5 Å². The standard InChI is InChI=1S/C22H27N7O9P2S2/c23-20-16-22(27-8-26-20)29(9-28-16)14-4-11-5-34-39(32)38-19-17(30)15(7-36-40(33,42-41)35-6-12(11)14)37-18(19)10-1-2-25-13(3-10)21(24)31/h1-3,8-9,11-12,14-15,17-19,30,39,41H,4-7H2,(H2,24,31)(H2,23,26,27)/t11-,12-,14-,15-,17-,18+,19?,40?/m1/s1. The van der Waals surface area contributed by atoms with E-state index in [2.05, 4.69) is 31.6 Å². The predicted molar refractivity (Wildman–Crippen MR) is 153 cm³/mol. The SMILES string of the molecule is NC(=O)c1cc([C@@H]2O[C@@H]3COP(=O)(SS)OC[C@@H]4[C@@H](CO[PH](=O)OC2[C@@H]3O)C[C@H]4n2cnc3c(N)ncnc32)ccn1. The number of ether oxygens (including phenoxy) is 1. The number of imidazole rings is 1. The molecule has 0 radical (unpaired) electrons. The van der Waals surface area contributed by atoms with Crippen LogP contribution in [0.2, 0.25) is 0 Å². The van der Waals surface area contributed by atoms with E-state index in [0.29, 0.717) is 33.6 Å². The highest BCUT2D eigenvalue weighted by Crippen LogP contribution is 2.64. The van der Waals surface area contributed by atoms with Crippen LogP contribution in [0.5, 0.6) is 0 Å². The molecule has 1 aliphatic carbocycles. The smallest absolute Gasteiger partial charge is 0.387 e. The van der Waals surface area contributed by atoms with Crippen molar-refractivity contribution in [2.45, 2.75) is 36.9 Å². The number of fused-ring (bicyclic) bond motifs is 4. The molecule has 9 atom stereocenters. The Bertz CT molecular complexity index is 1570. The third-order valence-electron chi connectivity index (χ3n) is 7.66. The molecule has 3 unspecified atom stereocenters. The van der Waals surface area contributed by atoms with Crippen LogP contribution in [0.15, 0.2) is 31.0 Å². The molecule has 5 heterocycles. The number of primary amides is 1. The van der Waals surface area contributed by atoms with Crippen LogP contribution in [-0.4, -0.2) is 73.6 Å². The fourth-order valence-electron chi connectivity index (χ4n) is 5.43. The Morgan fingerprint density at radius 3 is 2.81 bits per heavy atom. The van der Waals surface area contributed by atoms with Crippen LogP contribution in [0.25, 0.3) is 11.2 Å². The summed E-state index contributed by atoms with van der Waals surface area (Å²) >= 11 is 4.12. The van der Waals surface area contributed by atoms with Crippen molar-refractivity contribution in [2.75, 3.05) is 25.6 Å². The van der Waals surface area contributed by atoms with Crippen LogP contribution in [0.1, 0.15) is 34.6 Å². The van der Waals surface area contributed by atoms with E-state index in [9.17, 15) is 19.0 Å². The Morgan fingerprint density at radius 2 is 2.02 bits per heavy atom. The minimum absolute atomic E-state index is 0.0161. The molecule has 0 spiro atoms. The Labute approximate surface area is 248 Å². The number of thiol groups is 1. The number of aliphatic hydroxyl groups is 1. The molecule has 0 aromatic carbocycles. The highest BCUT2D eigenvalue weighted by Gasteiger charge is 2.49. The summed E-state index contributed by atoms with van der Waals surface area (Å²) < 4.78 is 57.2. The van der Waals surface area contributed by atoms with Crippen LogP contribution in [-0.2, 0) is 32.0 Å². The Hall–Kier alpha value is -2.11. The van der Waals surface area contributed by atoms with Crippen LogP contribution >= 0.6 is 37.1 Å². The summed E-state index contributed by atoms with van der Waals surface area (Å²) in [4.78, 5) is 28.2. The molecule has 3 aliphatic rings. The zero-order valence-corrected chi connectivity index (χ0v) is 25.3. The lowest BCUT2D eigenvalue weighted by Gasteiger charge is -2.45. The Morgan fingerprint density at radius 1 is 1.21 bits per heavy atom. The number of amides is 1. The van der Waals surface area contributed by atoms with Gasteiger partial charge in [-0.3, -0.25) is 23.4 Å². The quantitative estimate of drug-likeness (QED) is 0.179. The van der Waals surface area contributed by atoms with E-state index in [4.69, 9.17) is 34.3 Å². The van der Waals surface area contributed by atoms with Gasteiger partial charge < -0.3 is 34.9 Å². The number of rotatable bonds is 4. The summed E-state index contributed by atoms with van der Waals surface area (Å²) in [6.07, 6.45) is 0.294. The number of hydrogen-bond donors (Lipinski definition) is 4. The summed E-state index contributed by atoms with van der Waals surface area (Å²) in [5, 5.41) is 11.0. The number of anilines is 1. The molecule has 6 rings (SSSR count). The minimum Gasteiger partial charge on any atom is -0.387 e. The first kappa shape index (κ1) is 29.9. The highest BCUT2D eigenvalue weighted by atomic mass is 33.3. The number of nitrogens with two attached hydrogens (primary N) is 2. The number of hydrogen-bond acceptors (Lipinski definition) is 16. The summed E-state index contributed by atoms with van der Waals surface area (Å²) in [5.74, 6) is -0.948. The summed E-state index contributed by atoms with van der Waals surface area (Å²) in [6, 6.07) is 2.76. The van der Waals surface area contributed by atoms with Gasteiger partial charge in [0, 0.05) is 28.6 Å². The first-order valence-electron chi connectivity index (χ1n) is 12.8. The first-order valence-corrected chi connectivity index (χ1v) is 18.0. The van der Waals surface area contributed by atoms with Crippen molar-refractivity contribution in [3.05, 3.63) is 42.2 Å². The first-order chi connectivity index (χ1) is 20.2. The second-order valence-corrected chi connectivity index (χ2v) is 15.9. The molecule has 2 saturated heterocycles. The zero-order valence-electron chi connectivity index (χ0n) is 21.7. The van der Waals surface area contributed by atoms with Gasteiger partial charge in [-0.15, -0.1) is 0 Å². The Kier molecular flexibility index (Phi) is 8.64. The lowest BCUT2D eigenvalue weighted by molar-refractivity contribution is -0.0238. The third kappa shape index (κ3) is 5.73. The monoisotopic (exact) mass is 659 g/mol. The number of carbonyl (C=O) groups excluding carboxylic acids is 1. The molecule has 3 fully saturated rings. The number of nitrogen functional groups attached to an aromatic ring is 1. The lowest BCUT2D eigenvalue weighted by Crippen LogP contribution is -2.43. The van der Waals surface area contributed by atoms with Crippen molar-refractivity contribution in [1.82, 2.24) is 24.5 Å². The molecule has 2 bridgehead atoms. The molecule has 5 N–H and O–H groups in total. The van der Waals surface area contributed by atoms with E-state index in [1.54, 1.807) is 12.4 Å². The van der Waals surface area contributed by atoms with E-state index in [1.807, 2.05) is 4.57 Å². The fraction of sp³-hybridized carbons (Fsp3) is 0.500. The maximum absolute atomic E-state index is 13.5. The van der Waals surface area contributed by atoms with Crippen molar-refractivity contribution >= 4 is 60.0 Å². The number of carbonyl (C=O) groups is 1. The highest BCUT2D eigenvalue weighted by molar-refractivity contribution is 8.93. The molecular weight excluding hydrogens is 632 g/mol. The van der Waals surface area contributed by atoms with Crippen LogP contribution in [0, 0.1) is 11.8 Å². The molecule has 1 amide bonds. The summed E-state index contributed by atoms with van der Waals surface area (Å²) in [6.45, 7) is -4.18. The van der Waals surface area contributed by atoms with Crippen molar-refractivity contribution in [2.24, 2.45) is 17.6 Å². The van der Waals surface area contributed by atoms with Crippen molar-refractivity contribution in [3.8, 4) is 0 Å². The number of aromatic nitrogens is 5. The van der Waals surface area contributed by atoms with Gasteiger partial charge in [-0.2, -0.15) is 0 Å². The number of nitrogens with zero attached hydrogens (tertiary/aromatic N) is 5. The van der Waals surface area contributed by atoms with E-state index < -0.39 is 45.4 Å². The molecule has 2 aliphatic heterocycles. The molecule has 16 nitrogen and oxygen atoms in total. The van der Waals surface area contributed by atoms with E-state index in [-0.39, 0.29) is 49.2 Å². The molecule has 226 valence electrons. The molecular formula is C22H27N7O9P2S2. The van der Waals surface area contributed by atoms with Gasteiger partial charge in [-0.05, 0) is 30.0 Å².